The average molecular weight is 537 g/mol. The van der Waals surface area contributed by atoms with Crippen molar-refractivity contribution >= 4 is 54.5 Å². The smallest absolute Gasteiger partial charge is 0.147 e. The highest BCUT2D eigenvalue weighted by molar-refractivity contribution is 6.27. The maximum absolute atomic E-state index is 6.71. The van der Waals surface area contributed by atoms with Gasteiger partial charge in [-0.3, -0.25) is 0 Å². The zero-order valence-corrected chi connectivity index (χ0v) is 22.7. The molecule has 0 saturated heterocycles. The fraction of sp³-hybridized carbons (Fsp3) is 0. The molecule has 2 heteroatoms. The Hall–Kier alpha value is -5.60. The molecule has 0 spiro atoms. The molecule has 2 aromatic heterocycles. The second-order valence-corrected chi connectivity index (χ2v) is 10.8. The van der Waals surface area contributed by atoms with Gasteiger partial charge in [0.1, 0.15) is 22.5 Å². The van der Waals surface area contributed by atoms with Gasteiger partial charge in [-0.2, -0.15) is 0 Å². The highest BCUT2D eigenvalue weighted by Crippen LogP contribution is 2.49. The van der Waals surface area contributed by atoms with Crippen LogP contribution in [0.3, 0.4) is 0 Å². The molecule has 0 aliphatic carbocycles. The Morgan fingerprint density at radius 2 is 0.905 bits per heavy atom. The fourth-order valence-electron chi connectivity index (χ4n) is 6.65. The first-order valence-electron chi connectivity index (χ1n) is 14.3. The first kappa shape index (κ1) is 23.1. The van der Waals surface area contributed by atoms with Gasteiger partial charge in [0.05, 0.1) is 5.39 Å². The third-order valence-electron chi connectivity index (χ3n) is 8.45. The highest BCUT2D eigenvalue weighted by atomic mass is 16.3. The van der Waals surface area contributed by atoms with E-state index in [1.165, 1.54) is 38.2 Å². The molecule has 0 N–H and O–H groups in total. The summed E-state index contributed by atoms with van der Waals surface area (Å²) in [6, 6.07) is 51.2. The zero-order chi connectivity index (χ0) is 27.6. The van der Waals surface area contributed by atoms with Crippen molar-refractivity contribution < 1.29 is 8.83 Å². The van der Waals surface area contributed by atoms with Crippen LogP contribution in [0.5, 0.6) is 0 Å². The summed E-state index contributed by atoms with van der Waals surface area (Å²) in [7, 11) is 0. The van der Waals surface area contributed by atoms with Gasteiger partial charge in [-0.15, -0.1) is 0 Å². The summed E-state index contributed by atoms with van der Waals surface area (Å²) in [5.41, 5.74) is 8.32. The Kier molecular flexibility index (Phi) is 4.93. The van der Waals surface area contributed by atoms with Crippen LogP contribution in [-0.4, -0.2) is 0 Å². The number of para-hydroxylation sites is 1. The van der Waals surface area contributed by atoms with Gasteiger partial charge in [-0.05, 0) is 50.9 Å². The van der Waals surface area contributed by atoms with Gasteiger partial charge in [-0.1, -0.05) is 127 Å². The summed E-state index contributed by atoms with van der Waals surface area (Å²) in [5.74, 6) is 0.850. The number of rotatable bonds is 3. The standard InChI is InChI=1S/C40H24O2/c1-3-13-25(14-4-1)35-24-27-23-33(40-38(39(27)42-35)32-21-11-12-22-34(32)41-40)37-30-19-9-7-17-28(30)36(26-15-5-2-6-16-26)29-18-8-10-20-31(29)37/h1-24H. The van der Waals surface area contributed by atoms with Crippen LogP contribution in [0.25, 0.3) is 88.0 Å². The van der Waals surface area contributed by atoms with Gasteiger partial charge in [-0.25, -0.2) is 0 Å². The molecule has 0 aliphatic heterocycles. The number of fused-ring (bicyclic) bond motifs is 7. The summed E-state index contributed by atoms with van der Waals surface area (Å²) in [6.45, 7) is 0. The molecule has 0 saturated carbocycles. The summed E-state index contributed by atoms with van der Waals surface area (Å²) < 4.78 is 13.3. The van der Waals surface area contributed by atoms with Crippen LogP contribution < -0.4 is 0 Å². The molecule has 2 nitrogen and oxygen atoms in total. The normalized spacial score (nSPS) is 11.8. The minimum atomic E-state index is 0.848. The van der Waals surface area contributed by atoms with Crippen molar-refractivity contribution in [3.8, 4) is 33.6 Å². The molecule has 9 rings (SSSR count). The third kappa shape index (κ3) is 3.33. The number of furan rings is 2. The van der Waals surface area contributed by atoms with E-state index in [1.807, 2.05) is 30.3 Å². The molecular weight excluding hydrogens is 512 g/mol. The van der Waals surface area contributed by atoms with E-state index >= 15 is 0 Å². The van der Waals surface area contributed by atoms with Crippen LogP contribution in [0.4, 0.5) is 0 Å². The van der Waals surface area contributed by atoms with Crippen molar-refractivity contribution in [2.24, 2.45) is 0 Å². The van der Waals surface area contributed by atoms with Gasteiger partial charge in [0.15, 0.2) is 0 Å². The van der Waals surface area contributed by atoms with E-state index in [0.717, 1.165) is 49.8 Å². The largest absolute Gasteiger partial charge is 0.455 e. The van der Waals surface area contributed by atoms with Crippen molar-refractivity contribution in [3.63, 3.8) is 0 Å². The molecule has 2 heterocycles. The van der Waals surface area contributed by atoms with E-state index in [9.17, 15) is 0 Å². The monoisotopic (exact) mass is 536 g/mol. The van der Waals surface area contributed by atoms with Crippen LogP contribution in [0.2, 0.25) is 0 Å². The minimum absolute atomic E-state index is 0.848. The van der Waals surface area contributed by atoms with Crippen molar-refractivity contribution in [2.45, 2.75) is 0 Å². The third-order valence-corrected chi connectivity index (χ3v) is 8.45. The minimum Gasteiger partial charge on any atom is -0.455 e. The van der Waals surface area contributed by atoms with Crippen LogP contribution in [0.1, 0.15) is 0 Å². The van der Waals surface area contributed by atoms with E-state index in [2.05, 4.69) is 115 Å². The fourth-order valence-corrected chi connectivity index (χ4v) is 6.65. The lowest BCUT2D eigenvalue weighted by atomic mass is 9.85. The summed E-state index contributed by atoms with van der Waals surface area (Å²) in [6.07, 6.45) is 0. The average Bonchev–Trinajstić information content (AvgIpc) is 3.66. The van der Waals surface area contributed by atoms with E-state index in [0.29, 0.717) is 0 Å². The molecule has 9 aromatic rings. The quantitative estimate of drug-likeness (QED) is 0.210. The first-order chi connectivity index (χ1) is 20.8. The van der Waals surface area contributed by atoms with Gasteiger partial charge >= 0.3 is 0 Å². The van der Waals surface area contributed by atoms with Crippen molar-refractivity contribution in [1.29, 1.82) is 0 Å². The Bertz CT molecular complexity index is 2390. The second-order valence-electron chi connectivity index (χ2n) is 10.8. The molecule has 196 valence electrons. The Balaban J connectivity index is 1.47. The number of benzene rings is 7. The maximum Gasteiger partial charge on any atom is 0.147 e. The van der Waals surface area contributed by atoms with E-state index in [4.69, 9.17) is 8.83 Å². The van der Waals surface area contributed by atoms with Gasteiger partial charge in [0.25, 0.3) is 0 Å². The first-order valence-corrected chi connectivity index (χ1v) is 14.3. The molecule has 7 aromatic carbocycles. The van der Waals surface area contributed by atoms with Crippen LogP contribution in [0.15, 0.2) is 154 Å². The van der Waals surface area contributed by atoms with Crippen LogP contribution in [0, 0.1) is 0 Å². The van der Waals surface area contributed by atoms with Gasteiger partial charge in [0, 0.05) is 27.5 Å². The van der Waals surface area contributed by atoms with Crippen LogP contribution >= 0.6 is 0 Å². The molecule has 42 heavy (non-hydrogen) atoms. The molecule has 0 amide bonds. The molecule has 0 unspecified atom stereocenters. The van der Waals surface area contributed by atoms with Crippen molar-refractivity contribution in [1.82, 2.24) is 0 Å². The molecule has 0 bridgehead atoms. The summed E-state index contributed by atoms with van der Waals surface area (Å²) in [4.78, 5) is 0. The second kappa shape index (κ2) is 8.95. The summed E-state index contributed by atoms with van der Waals surface area (Å²) >= 11 is 0. The lowest BCUT2D eigenvalue weighted by Gasteiger charge is -2.18. The molecule has 0 aliphatic rings. The Morgan fingerprint density at radius 1 is 0.381 bits per heavy atom. The van der Waals surface area contributed by atoms with E-state index < -0.39 is 0 Å². The van der Waals surface area contributed by atoms with E-state index in [-0.39, 0.29) is 0 Å². The summed E-state index contributed by atoms with van der Waals surface area (Å²) in [5, 5.41) is 7.97. The maximum atomic E-state index is 6.71. The lowest BCUT2D eigenvalue weighted by Crippen LogP contribution is -1.91. The van der Waals surface area contributed by atoms with Gasteiger partial charge < -0.3 is 8.83 Å². The molecule has 0 radical (unpaired) electrons. The number of hydrogen-bond acceptors (Lipinski definition) is 2. The van der Waals surface area contributed by atoms with Crippen molar-refractivity contribution in [3.05, 3.63) is 146 Å². The topological polar surface area (TPSA) is 26.3 Å². The predicted molar refractivity (Wildman–Crippen MR) is 175 cm³/mol. The Morgan fingerprint density at radius 3 is 1.55 bits per heavy atom. The predicted octanol–water partition coefficient (Wildman–Crippen LogP) is 11.6. The number of hydrogen-bond donors (Lipinski definition) is 0. The van der Waals surface area contributed by atoms with Crippen molar-refractivity contribution in [2.75, 3.05) is 0 Å². The van der Waals surface area contributed by atoms with Crippen LogP contribution in [-0.2, 0) is 0 Å². The van der Waals surface area contributed by atoms with E-state index in [1.54, 1.807) is 0 Å². The highest BCUT2D eigenvalue weighted by Gasteiger charge is 2.23. The van der Waals surface area contributed by atoms with Gasteiger partial charge in [0.2, 0.25) is 0 Å². The Labute approximate surface area is 242 Å². The lowest BCUT2D eigenvalue weighted by molar-refractivity contribution is 0.633. The molecule has 0 fully saturated rings. The molecular formula is C40H24O2. The zero-order valence-electron chi connectivity index (χ0n) is 22.7. The molecule has 0 atom stereocenters. The SMILES string of the molecule is c1ccc(-c2cc3cc(-c4c5ccccc5c(-c5ccccc5)c5ccccc45)c4oc5ccccc5c4c3o2)cc1.